The fraction of sp³-hybridized carbons (Fsp3) is 0.647. The number of carbonyl (C=O) groups excluding carboxylic acids is 2. The van der Waals surface area contributed by atoms with Crippen molar-refractivity contribution in [3.8, 4) is 0 Å². The van der Waals surface area contributed by atoms with Gasteiger partial charge in [0.05, 0.1) is 5.92 Å². The number of rotatable bonds is 15. The molecule has 0 heterocycles. The zero-order valence-corrected chi connectivity index (χ0v) is 17.8. The van der Waals surface area contributed by atoms with Crippen molar-refractivity contribution >= 4 is 47.5 Å². The van der Waals surface area contributed by atoms with Crippen molar-refractivity contribution in [1.29, 1.82) is 0 Å². The summed E-state index contributed by atoms with van der Waals surface area (Å²) >= 11 is 0.633. The van der Waals surface area contributed by atoms with E-state index in [1.165, 1.54) is 13.8 Å². The Morgan fingerprint density at radius 3 is 2.03 bits per heavy atom. The van der Waals surface area contributed by atoms with E-state index < -0.39 is 65.0 Å². The number of thioether (sulfide) groups is 1. The first-order chi connectivity index (χ1) is 14.3. The monoisotopic (exact) mass is 465 g/mol. The number of aliphatic carboxylic acids is 4. The second-order valence-corrected chi connectivity index (χ2v) is 7.98. The van der Waals surface area contributed by atoms with E-state index in [9.17, 15) is 39.0 Å². The van der Waals surface area contributed by atoms with Crippen molar-refractivity contribution in [3.63, 3.8) is 0 Å². The van der Waals surface area contributed by atoms with Crippen LogP contribution in [0.2, 0.25) is 0 Å². The number of carbonyl (C=O) groups is 6. The molecule has 8 N–H and O–H groups in total. The van der Waals surface area contributed by atoms with Crippen LogP contribution in [-0.4, -0.2) is 85.2 Å². The van der Waals surface area contributed by atoms with Gasteiger partial charge in [-0.1, -0.05) is 6.92 Å². The van der Waals surface area contributed by atoms with Gasteiger partial charge in [0.15, 0.2) is 0 Å². The van der Waals surface area contributed by atoms with Gasteiger partial charge in [0.1, 0.15) is 23.4 Å². The van der Waals surface area contributed by atoms with Crippen LogP contribution in [0.15, 0.2) is 0 Å². The highest BCUT2D eigenvalue weighted by molar-refractivity contribution is 8.01. The number of nitrogens with one attached hydrogen (secondary N) is 2. The molecule has 2 amide bonds. The summed E-state index contributed by atoms with van der Waals surface area (Å²) in [7, 11) is 0. The molecule has 14 heteroatoms. The summed E-state index contributed by atoms with van der Waals surface area (Å²) < 4.78 is -1.81. The number of hydrogen-bond donors (Lipinski definition) is 7. The lowest BCUT2D eigenvalue weighted by molar-refractivity contribution is -0.150. The molecular weight excluding hydrogens is 438 g/mol. The van der Waals surface area contributed by atoms with Crippen molar-refractivity contribution in [2.24, 2.45) is 11.7 Å². The summed E-state index contributed by atoms with van der Waals surface area (Å²) in [5.74, 6) is -8.87. The summed E-state index contributed by atoms with van der Waals surface area (Å²) in [5, 5.41) is 40.7. The number of carboxylic acids is 4. The topological polar surface area (TPSA) is 233 Å². The molecule has 0 aromatic rings. The third-order valence-electron chi connectivity index (χ3n) is 4.53. The van der Waals surface area contributed by atoms with E-state index in [0.29, 0.717) is 11.8 Å². The Hall–Kier alpha value is -2.87. The molecule has 0 aromatic heterocycles. The molecule has 31 heavy (non-hydrogen) atoms. The van der Waals surface area contributed by atoms with Crippen LogP contribution < -0.4 is 16.4 Å². The molecule has 0 saturated carbocycles. The second-order valence-electron chi connectivity index (χ2n) is 6.63. The van der Waals surface area contributed by atoms with E-state index in [4.69, 9.17) is 15.9 Å². The number of nitrogens with two attached hydrogens (primary N) is 1. The molecular formula is C17H27N3O10S. The average Bonchev–Trinajstić information content (AvgIpc) is 2.69. The summed E-state index contributed by atoms with van der Waals surface area (Å²) in [5.41, 5.74) is 5.32. The van der Waals surface area contributed by atoms with E-state index >= 15 is 0 Å². The first-order valence-corrected chi connectivity index (χ1v) is 10.1. The zero-order chi connectivity index (χ0) is 24.4. The largest absolute Gasteiger partial charge is 0.481 e. The van der Waals surface area contributed by atoms with Gasteiger partial charge in [-0.05, 0) is 19.8 Å². The van der Waals surface area contributed by atoms with Crippen LogP contribution in [0.25, 0.3) is 0 Å². The SMILES string of the molecule is CCC(SCC(NC(=O)CCC(N)C(=O)O)C(=O)NCC(=O)O)(C(=O)O)C(C)C(=O)O. The lowest BCUT2D eigenvalue weighted by Gasteiger charge is -2.32. The molecule has 0 bridgehead atoms. The molecule has 0 radical (unpaired) electrons. The molecule has 0 aliphatic carbocycles. The molecule has 0 aliphatic rings. The minimum atomic E-state index is -1.81. The van der Waals surface area contributed by atoms with Crippen LogP contribution in [0.1, 0.15) is 33.1 Å². The maximum atomic E-state index is 12.3. The van der Waals surface area contributed by atoms with Crippen molar-refractivity contribution in [3.05, 3.63) is 0 Å². The third kappa shape index (κ3) is 8.80. The molecule has 0 aliphatic heterocycles. The molecule has 13 nitrogen and oxygen atoms in total. The van der Waals surface area contributed by atoms with Crippen LogP contribution in [0, 0.1) is 5.92 Å². The second kappa shape index (κ2) is 12.7. The zero-order valence-electron chi connectivity index (χ0n) is 17.0. The van der Waals surface area contributed by atoms with Gasteiger partial charge in [-0.3, -0.25) is 28.8 Å². The minimum Gasteiger partial charge on any atom is -0.481 e. The first kappa shape index (κ1) is 28.1. The Morgan fingerprint density at radius 1 is 1.03 bits per heavy atom. The summed E-state index contributed by atoms with van der Waals surface area (Å²) in [6.45, 7) is 1.91. The Balaban J connectivity index is 5.49. The van der Waals surface area contributed by atoms with Gasteiger partial charge < -0.3 is 36.8 Å². The highest BCUT2D eigenvalue weighted by atomic mass is 32.2. The molecule has 0 aromatic carbocycles. The van der Waals surface area contributed by atoms with E-state index in [-0.39, 0.29) is 25.0 Å². The predicted octanol–water partition coefficient (Wildman–Crippen LogP) is -1.45. The highest BCUT2D eigenvalue weighted by Gasteiger charge is 2.47. The van der Waals surface area contributed by atoms with Gasteiger partial charge in [-0.2, -0.15) is 0 Å². The summed E-state index contributed by atoms with van der Waals surface area (Å²) in [6, 6.07) is -2.71. The molecule has 4 unspecified atom stereocenters. The number of amides is 2. The first-order valence-electron chi connectivity index (χ1n) is 9.15. The van der Waals surface area contributed by atoms with Crippen LogP contribution in [0.4, 0.5) is 0 Å². The fourth-order valence-electron chi connectivity index (χ4n) is 2.51. The lowest BCUT2D eigenvalue weighted by atomic mass is 9.90. The summed E-state index contributed by atoms with van der Waals surface area (Å²) in [6.07, 6.45) is -0.697. The Labute approximate surface area is 181 Å². The molecule has 0 rings (SSSR count). The van der Waals surface area contributed by atoms with Crippen LogP contribution in [0.3, 0.4) is 0 Å². The standard InChI is InChI=1S/C17H27N3O10S/c1-3-17(16(29)30,8(2)14(25)26)31-7-10(13(24)19-6-12(22)23)20-11(21)5-4-9(18)15(27)28/h8-10H,3-7,18H2,1-2H3,(H,19,24)(H,20,21)(H,22,23)(H,25,26)(H,27,28)(H,29,30). The molecule has 0 saturated heterocycles. The smallest absolute Gasteiger partial charge is 0.322 e. The highest BCUT2D eigenvalue weighted by Crippen LogP contribution is 2.37. The van der Waals surface area contributed by atoms with E-state index in [2.05, 4.69) is 10.6 Å². The van der Waals surface area contributed by atoms with E-state index in [1.807, 2.05) is 0 Å². The summed E-state index contributed by atoms with van der Waals surface area (Å²) in [4.78, 5) is 69.1. The van der Waals surface area contributed by atoms with Crippen molar-refractivity contribution in [2.45, 2.75) is 49.9 Å². The quantitative estimate of drug-likeness (QED) is 0.147. The van der Waals surface area contributed by atoms with Crippen LogP contribution in [-0.2, 0) is 28.8 Å². The van der Waals surface area contributed by atoms with Crippen LogP contribution in [0.5, 0.6) is 0 Å². The maximum Gasteiger partial charge on any atom is 0.322 e. The maximum absolute atomic E-state index is 12.3. The van der Waals surface area contributed by atoms with Gasteiger partial charge in [0.25, 0.3) is 0 Å². The van der Waals surface area contributed by atoms with Gasteiger partial charge in [0, 0.05) is 12.2 Å². The minimum absolute atomic E-state index is 0.106. The average molecular weight is 465 g/mol. The predicted molar refractivity (Wildman–Crippen MR) is 107 cm³/mol. The Kier molecular flexibility index (Phi) is 11.6. The Morgan fingerprint density at radius 2 is 1.61 bits per heavy atom. The normalized spacial score (nSPS) is 15.6. The third-order valence-corrected chi connectivity index (χ3v) is 6.36. The number of hydrogen-bond acceptors (Lipinski definition) is 8. The molecule has 4 atom stereocenters. The van der Waals surface area contributed by atoms with Gasteiger partial charge in [-0.15, -0.1) is 11.8 Å². The fourth-order valence-corrected chi connectivity index (χ4v) is 3.89. The lowest BCUT2D eigenvalue weighted by Crippen LogP contribution is -2.52. The van der Waals surface area contributed by atoms with Gasteiger partial charge >= 0.3 is 23.9 Å². The Bertz CT molecular complexity index is 716. The molecule has 0 spiro atoms. The van der Waals surface area contributed by atoms with E-state index in [1.54, 1.807) is 0 Å². The van der Waals surface area contributed by atoms with Crippen molar-refractivity contribution in [2.75, 3.05) is 12.3 Å². The van der Waals surface area contributed by atoms with Crippen molar-refractivity contribution in [1.82, 2.24) is 10.6 Å². The van der Waals surface area contributed by atoms with Crippen molar-refractivity contribution < 1.29 is 49.2 Å². The molecule has 176 valence electrons. The van der Waals surface area contributed by atoms with E-state index in [0.717, 1.165) is 0 Å². The van der Waals surface area contributed by atoms with Crippen LogP contribution >= 0.6 is 11.8 Å². The molecule has 0 fully saturated rings. The van der Waals surface area contributed by atoms with Gasteiger partial charge in [0.2, 0.25) is 11.8 Å². The van der Waals surface area contributed by atoms with Gasteiger partial charge in [-0.25, -0.2) is 0 Å². The number of carboxylic acid groups (broad SMARTS) is 4.